The Labute approximate surface area is 159 Å². The van der Waals surface area contributed by atoms with Gasteiger partial charge in [-0.3, -0.25) is 4.79 Å². The third-order valence-corrected chi connectivity index (χ3v) is 4.24. The fourth-order valence-corrected chi connectivity index (χ4v) is 3.09. The molecule has 0 aliphatic rings. The maximum Gasteiger partial charge on any atom is 0.220 e. The molecule has 0 saturated heterocycles. The lowest BCUT2D eigenvalue weighted by molar-refractivity contribution is -0.122. The van der Waals surface area contributed by atoms with Gasteiger partial charge in [-0.25, -0.2) is 14.6 Å². The van der Waals surface area contributed by atoms with E-state index in [0.717, 1.165) is 27.8 Å². The Morgan fingerprint density at radius 2 is 2.04 bits per heavy atom. The standard InChI is InChI=1S/C18H30N6OS/c1-7-26-17-22-15(21-12(2)3)13-11-20-24(16(13)23-17)9-8-19-14(25)10-18(4,5)6/h11-12H,7-10H2,1-6H3,(H,19,25)(H,21,22,23). The van der Waals surface area contributed by atoms with Crippen molar-refractivity contribution >= 4 is 34.5 Å². The van der Waals surface area contributed by atoms with Crippen LogP contribution in [0.1, 0.15) is 48.0 Å². The summed E-state index contributed by atoms with van der Waals surface area (Å²) in [5.74, 6) is 1.78. The Kier molecular flexibility index (Phi) is 6.86. The highest BCUT2D eigenvalue weighted by Gasteiger charge is 2.16. The molecule has 8 heteroatoms. The van der Waals surface area contributed by atoms with Crippen LogP contribution in [0, 0.1) is 5.41 Å². The van der Waals surface area contributed by atoms with Crippen LogP contribution in [0.2, 0.25) is 0 Å². The van der Waals surface area contributed by atoms with Crippen molar-refractivity contribution in [2.45, 2.75) is 65.7 Å². The van der Waals surface area contributed by atoms with Gasteiger partial charge in [0.1, 0.15) is 5.82 Å². The first kappa shape index (κ1) is 20.5. The van der Waals surface area contributed by atoms with E-state index in [1.165, 1.54) is 0 Å². The molecule has 0 atom stereocenters. The van der Waals surface area contributed by atoms with Gasteiger partial charge in [0.25, 0.3) is 0 Å². The van der Waals surface area contributed by atoms with Crippen molar-refractivity contribution in [1.29, 1.82) is 0 Å². The number of fused-ring (bicyclic) bond motifs is 1. The molecule has 0 aromatic carbocycles. The lowest BCUT2D eigenvalue weighted by atomic mass is 9.92. The molecule has 0 fully saturated rings. The number of amides is 1. The van der Waals surface area contributed by atoms with Crippen molar-refractivity contribution < 1.29 is 4.79 Å². The van der Waals surface area contributed by atoms with Crippen molar-refractivity contribution in [3.8, 4) is 0 Å². The van der Waals surface area contributed by atoms with Crippen LogP contribution in [0.3, 0.4) is 0 Å². The number of hydrogen-bond acceptors (Lipinski definition) is 6. The van der Waals surface area contributed by atoms with Gasteiger partial charge in [-0.1, -0.05) is 39.5 Å². The molecular weight excluding hydrogens is 348 g/mol. The van der Waals surface area contributed by atoms with Crippen molar-refractivity contribution in [2.75, 3.05) is 17.6 Å². The highest BCUT2D eigenvalue weighted by Crippen LogP contribution is 2.24. The first-order valence-corrected chi connectivity index (χ1v) is 10.1. The van der Waals surface area contributed by atoms with Crippen LogP contribution in [-0.2, 0) is 11.3 Å². The SMILES string of the molecule is CCSc1nc(NC(C)C)c2cnn(CCNC(=O)CC(C)(C)C)c2n1. The van der Waals surface area contributed by atoms with Gasteiger partial charge in [0.15, 0.2) is 10.8 Å². The summed E-state index contributed by atoms with van der Waals surface area (Å²) in [5.41, 5.74) is 0.781. The molecule has 2 heterocycles. The monoisotopic (exact) mass is 378 g/mol. The molecule has 0 aliphatic heterocycles. The number of thioether (sulfide) groups is 1. The number of nitrogens with one attached hydrogen (secondary N) is 2. The average Bonchev–Trinajstić information content (AvgIpc) is 2.89. The molecule has 0 aliphatic carbocycles. The average molecular weight is 379 g/mol. The fraction of sp³-hybridized carbons (Fsp3) is 0.667. The first-order chi connectivity index (χ1) is 12.2. The summed E-state index contributed by atoms with van der Waals surface area (Å²) >= 11 is 1.61. The Balaban J connectivity index is 2.15. The number of carbonyl (C=O) groups excluding carboxylic acids is 1. The van der Waals surface area contributed by atoms with E-state index in [-0.39, 0.29) is 17.4 Å². The number of hydrogen-bond donors (Lipinski definition) is 2. The van der Waals surface area contributed by atoms with Gasteiger partial charge in [0, 0.05) is 19.0 Å². The molecule has 2 aromatic rings. The van der Waals surface area contributed by atoms with E-state index in [9.17, 15) is 4.79 Å². The Hall–Kier alpha value is -1.83. The summed E-state index contributed by atoms with van der Waals surface area (Å²) in [6, 6.07) is 0.271. The maximum atomic E-state index is 12.0. The van der Waals surface area contributed by atoms with Crippen LogP contribution in [0.25, 0.3) is 11.0 Å². The van der Waals surface area contributed by atoms with Crippen molar-refractivity contribution in [3.63, 3.8) is 0 Å². The van der Waals surface area contributed by atoms with Gasteiger partial charge in [-0.2, -0.15) is 5.10 Å². The molecule has 0 bridgehead atoms. The van der Waals surface area contributed by atoms with E-state index in [4.69, 9.17) is 0 Å². The molecule has 2 aromatic heterocycles. The maximum absolute atomic E-state index is 12.0. The van der Waals surface area contributed by atoms with Crippen LogP contribution < -0.4 is 10.6 Å². The number of nitrogens with zero attached hydrogens (tertiary/aromatic N) is 4. The molecule has 26 heavy (non-hydrogen) atoms. The third kappa shape index (κ3) is 5.86. The topological polar surface area (TPSA) is 84.7 Å². The van der Waals surface area contributed by atoms with Gasteiger partial charge in [-0.05, 0) is 25.0 Å². The van der Waals surface area contributed by atoms with Crippen LogP contribution in [0.4, 0.5) is 5.82 Å². The van der Waals surface area contributed by atoms with Gasteiger partial charge < -0.3 is 10.6 Å². The highest BCUT2D eigenvalue weighted by atomic mass is 32.2. The van der Waals surface area contributed by atoms with E-state index >= 15 is 0 Å². The van der Waals surface area contributed by atoms with Gasteiger partial charge in [0.2, 0.25) is 5.91 Å². The summed E-state index contributed by atoms with van der Waals surface area (Å²) in [7, 11) is 0. The number of anilines is 1. The lowest BCUT2D eigenvalue weighted by Crippen LogP contribution is -2.30. The van der Waals surface area contributed by atoms with E-state index < -0.39 is 0 Å². The van der Waals surface area contributed by atoms with E-state index in [0.29, 0.717) is 19.5 Å². The van der Waals surface area contributed by atoms with Crippen LogP contribution >= 0.6 is 11.8 Å². The van der Waals surface area contributed by atoms with Crippen LogP contribution in [-0.4, -0.2) is 44.0 Å². The highest BCUT2D eigenvalue weighted by molar-refractivity contribution is 7.99. The minimum Gasteiger partial charge on any atom is -0.367 e. The van der Waals surface area contributed by atoms with Crippen molar-refractivity contribution in [2.24, 2.45) is 5.41 Å². The second-order valence-corrected chi connectivity index (χ2v) is 9.01. The van der Waals surface area contributed by atoms with E-state index in [1.807, 2.05) is 4.68 Å². The molecule has 7 nitrogen and oxygen atoms in total. The zero-order valence-electron chi connectivity index (χ0n) is 16.6. The summed E-state index contributed by atoms with van der Waals surface area (Å²) in [6.45, 7) is 13.5. The normalized spacial score (nSPS) is 12.0. The molecule has 1 amide bonds. The smallest absolute Gasteiger partial charge is 0.220 e. The zero-order valence-corrected chi connectivity index (χ0v) is 17.4. The number of carbonyl (C=O) groups is 1. The first-order valence-electron chi connectivity index (χ1n) is 9.09. The van der Waals surface area contributed by atoms with Gasteiger partial charge in [0.05, 0.1) is 18.1 Å². The minimum absolute atomic E-state index is 0.0145. The Morgan fingerprint density at radius 1 is 1.31 bits per heavy atom. The summed E-state index contributed by atoms with van der Waals surface area (Å²) in [6.07, 6.45) is 2.30. The van der Waals surface area contributed by atoms with Gasteiger partial charge >= 0.3 is 0 Å². The van der Waals surface area contributed by atoms with E-state index in [1.54, 1.807) is 18.0 Å². The Morgan fingerprint density at radius 3 is 2.65 bits per heavy atom. The lowest BCUT2D eigenvalue weighted by Gasteiger charge is -2.17. The van der Waals surface area contributed by atoms with Crippen molar-refractivity contribution in [3.05, 3.63) is 6.20 Å². The second kappa shape index (κ2) is 8.70. The summed E-state index contributed by atoms with van der Waals surface area (Å²) in [5, 5.41) is 12.4. The number of rotatable bonds is 8. The van der Waals surface area contributed by atoms with Crippen LogP contribution in [0.15, 0.2) is 11.4 Å². The van der Waals surface area contributed by atoms with Gasteiger partial charge in [-0.15, -0.1) is 0 Å². The molecule has 0 spiro atoms. The molecule has 0 saturated carbocycles. The largest absolute Gasteiger partial charge is 0.367 e. The van der Waals surface area contributed by atoms with Crippen LogP contribution in [0.5, 0.6) is 0 Å². The van der Waals surface area contributed by atoms with Crippen molar-refractivity contribution in [1.82, 2.24) is 25.1 Å². The summed E-state index contributed by atoms with van der Waals surface area (Å²) in [4.78, 5) is 21.2. The third-order valence-electron chi connectivity index (χ3n) is 3.51. The second-order valence-electron chi connectivity index (χ2n) is 7.78. The molecule has 0 radical (unpaired) electrons. The quantitative estimate of drug-likeness (QED) is 0.541. The zero-order chi connectivity index (χ0) is 19.3. The minimum atomic E-state index is -0.0145. The molecule has 0 unspecified atom stereocenters. The molecule has 2 N–H and O–H groups in total. The predicted molar refractivity (Wildman–Crippen MR) is 108 cm³/mol. The fourth-order valence-electron chi connectivity index (χ4n) is 2.52. The molecular formula is C18H30N6OS. The predicted octanol–water partition coefficient (Wildman–Crippen LogP) is 3.31. The molecule has 2 rings (SSSR count). The molecule has 144 valence electrons. The Bertz CT molecular complexity index is 750. The summed E-state index contributed by atoms with van der Waals surface area (Å²) < 4.78 is 1.83. The number of aromatic nitrogens is 4. The van der Waals surface area contributed by atoms with E-state index in [2.05, 4.69) is 67.2 Å².